The van der Waals surface area contributed by atoms with Crippen molar-refractivity contribution >= 4 is 5.96 Å². The normalized spacial score (nSPS) is 13.8. The van der Waals surface area contributed by atoms with Gasteiger partial charge in [-0.05, 0) is 65.3 Å². The number of para-hydroxylation sites is 1. The summed E-state index contributed by atoms with van der Waals surface area (Å²) in [6.45, 7) is 13.1. The first-order chi connectivity index (χ1) is 14.7. The number of hydrogen-bond acceptors (Lipinski definition) is 4. The van der Waals surface area contributed by atoms with E-state index in [2.05, 4.69) is 33.9 Å². The van der Waals surface area contributed by atoms with E-state index in [-0.39, 0.29) is 0 Å². The van der Waals surface area contributed by atoms with Crippen molar-refractivity contribution in [1.29, 1.82) is 0 Å². The summed E-state index contributed by atoms with van der Waals surface area (Å²) in [5.74, 6) is 2.16. The van der Waals surface area contributed by atoms with Gasteiger partial charge in [-0.15, -0.1) is 0 Å². The summed E-state index contributed by atoms with van der Waals surface area (Å²) < 4.78 is 7.54. The maximum Gasteiger partial charge on any atom is 0.191 e. The second kappa shape index (κ2) is 9.39. The van der Waals surface area contributed by atoms with Gasteiger partial charge in [-0.2, -0.15) is 5.10 Å². The first kappa shape index (κ1) is 22.6. The van der Waals surface area contributed by atoms with Gasteiger partial charge in [-0.1, -0.05) is 18.2 Å². The topological polar surface area (TPSA) is 87.6 Å². The molecule has 0 fully saturated rings. The second-order valence-electron chi connectivity index (χ2n) is 8.12. The Kier molecular flexibility index (Phi) is 6.85. The van der Waals surface area contributed by atoms with E-state index >= 15 is 0 Å². The van der Waals surface area contributed by atoms with Gasteiger partial charge in [-0.25, -0.2) is 9.67 Å². The minimum absolute atomic E-state index is 0.303. The van der Waals surface area contributed by atoms with E-state index in [0.29, 0.717) is 19.0 Å². The Hall–Kier alpha value is -3.06. The van der Waals surface area contributed by atoms with Crippen molar-refractivity contribution < 1.29 is 9.52 Å². The predicted molar refractivity (Wildman–Crippen MR) is 124 cm³/mol. The summed E-state index contributed by atoms with van der Waals surface area (Å²) in [7, 11) is 0. The third kappa shape index (κ3) is 5.35. The van der Waals surface area contributed by atoms with E-state index in [9.17, 15) is 5.11 Å². The van der Waals surface area contributed by atoms with Crippen LogP contribution in [0.4, 0.5) is 0 Å². The molecule has 0 aliphatic heterocycles. The average molecular weight is 424 g/mol. The highest BCUT2D eigenvalue weighted by atomic mass is 16.3. The minimum atomic E-state index is -1.08. The lowest BCUT2D eigenvalue weighted by Gasteiger charge is -2.24. The van der Waals surface area contributed by atoms with Gasteiger partial charge in [0.25, 0.3) is 0 Å². The van der Waals surface area contributed by atoms with E-state index in [1.807, 2.05) is 57.5 Å². The number of aromatic nitrogens is 2. The highest BCUT2D eigenvalue weighted by Gasteiger charge is 2.27. The van der Waals surface area contributed by atoms with Gasteiger partial charge in [0.15, 0.2) is 5.96 Å². The van der Waals surface area contributed by atoms with E-state index < -0.39 is 5.60 Å². The third-order valence-electron chi connectivity index (χ3n) is 5.20. The van der Waals surface area contributed by atoms with Crippen LogP contribution in [0.3, 0.4) is 0 Å². The van der Waals surface area contributed by atoms with Crippen LogP contribution < -0.4 is 10.6 Å². The SMILES string of the molecule is CCNC(=NCc1ccccc1-n1nc(C)cc1C)NCC(C)(O)c1cc(C)oc1C. The van der Waals surface area contributed by atoms with Crippen molar-refractivity contribution in [2.24, 2.45) is 4.99 Å². The molecule has 0 aliphatic rings. The Labute approximate surface area is 184 Å². The molecule has 3 rings (SSSR count). The van der Waals surface area contributed by atoms with Gasteiger partial charge in [0.1, 0.15) is 17.1 Å². The first-order valence-electron chi connectivity index (χ1n) is 10.6. The van der Waals surface area contributed by atoms with E-state index in [1.165, 1.54) is 0 Å². The minimum Gasteiger partial charge on any atom is -0.466 e. The molecule has 0 radical (unpaired) electrons. The summed E-state index contributed by atoms with van der Waals surface area (Å²) in [6.07, 6.45) is 0. The molecule has 2 aromatic heterocycles. The molecule has 2 heterocycles. The Morgan fingerprint density at radius 1 is 1.16 bits per heavy atom. The lowest BCUT2D eigenvalue weighted by Crippen LogP contribution is -2.44. The summed E-state index contributed by atoms with van der Waals surface area (Å²) in [5, 5.41) is 22.1. The van der Waals surface area contributed by atoms with Crippen molar-refractivity contribution in [1.82, 2.24) is 20.4 Å². The zero-order valence-electron chi connectivity index (χ0n) is 19.3. The second-order valence-corrected chi connectivity index (χ2v) is 8.12. The number of furan rings is 1. The monoisotopic (exact) mass is 423 g/mol. The number of aliphatic imine (C=N–C) groups is 1. The van der Waals surface area contributed by atoms with Crippen LogP contribution in [0.25, 0.3) is 5.69 Å². The van der Waals surface area contributed by atoms with E-state index in [4.69, 9.17) is 9.41 Å². The van der Waals surface area contributed by atoms with Crippen molar-refractivity contribution in [2.75, 3.05) is 13.1 Å². The van der Waals surface area contributed by atoms with Crippen LogP contribution in [0, 0.1) is 27.7 Å². The fraction of sp³-hybridized carbons (Fsp3) is 0.417. The number of aliphatic hydroxyl groups is 1. The smallest absolute Gasteiger partial charge is 0.191 e. The zero-order valence-corrected chi connectivity index (χ0v) is 19.3. The van der Waals surface area contributed by atoms with Crippen LogP contribution >= 0.6 is 0 Å². The van der Waals surface area contributed by atoms with Crippen LogP contribution in [-0.4, -0.2) is 33.9 Å². The molecule has 0 saturated carbocycles. The molecule has 166 valence electrons. The predicted octanol–water partition coefficient (Wildman–Crippen LogP) is 3.66. The summed E-state index contributed by atoms with van der Waals surface area (Å²) in [4.78, 5) is 4.75. The number of guanidine groups is 1. The fourth-order valence-electron chi connectivity index (χ4n) is 3.75. The lowest BCUT2D eigenvalue weighted by atomic mass is 9.96. The lowest BCUT2D eigenvalue weighted by molar-refractivity contribution is 0.0601. The largest absolute Gasteiger partial charge is 0.466 e. The van der Waals surface area contributed by atoms with Gasteiger partial charge in [-0.3, -0.25) is 0 Å². The van der Waals surface area contributed by atoms with E-state index in [0.717, 1.165) is 46.3 Å². The standard InChI is InChI=1S/C24H33N5O2/c1-7-25-23(27-15-24(6,30)21-13-18(4)31-19(21)5)26-14-20-10-8-9-11-22(20)29-17(3)12-16(2)28-29/h8-13,30H,7,14-15H2,1-6H3,(H2,25,26,27). The number of nitrogens with zero attached hydrogens (tertiary/aromatic N) is 3. The molecule has 3 aromatic rings. The molecule has 3 N–H and O–H groups in total. The number of benzene rings is 1. The molecule has 7 heteroatoms. The number of hydrogen-bond donors (Lipinski definition) is 3. The molecule has 31 heavy (non-hydrogen) atoms. The van der Waals surface area contributed by atoms with Gasteiger partial charge < -0.3 is 20.2 Å². The van der Waals surface area contributed by atoms with Crippen LogP contribution in [0.5, 0.6) is 0 Å². The van der Waals surface area contributed by atoms with Crippen molar-refractivity contribution in [2.45, 2.75) is 53.7 Å². The van der Waals surface area contributed by atoms with Crippen LogP contribution in [0.2, 0.25) is 0 Å². The third-order valence-corrected chi connectivity index (χ3v) is 5.20. The Balaban J connectivity index is 1.78. The molecule has 7 nitrogen and oxygen atoms in total. The molecule has 0 amide bonds. The molecule has 0 aliphatic carbocycles. The summed E-state index contributed by atoms with van der Waals surface area (Å²) >= 11 is 0. The van der Waals surface area contributed by atoms with Gasteiger partial charge >= 0.3 is 0 Å². The fourth-order valence-corrected chi connectivity index (χ4v) is 3.75. The highest BCUT2D eigenvalue weighted by Crippen LogP contribution is 2.26. The van der Waals surface area contributed by atoms with Crippen molar-refractivity contribution in [3.8, 4) is 5.69 Å². The molecule has 1 aromatic carbocycles. The Morgan fingerprint density at radius 2 is 1.90 bits per heavy atom. The Morgan fingerprint density at radius 3 is 2.52 bits per heavy atom. The number of rotatable bonds is 7. The number of aryl methyl sites for hydroxylation is 4. The van der Waals surface area contributed by atoms with Crippen LogP contribution in [0.1, 0.15) is 47.9 Å². The molecule has 0 saturated heterocycles. The molecule has 0 bridgehead atoms. The Bertz CT molecular complexity index is 1060. The van der Waals surface area contributed by atoms with E-state index in [1.54, 1.807) is 6.92 Å². The number of nitrogens with one attached hydrogen (secondary N) is 2. The zero-order chi connectivity index (χ0) is 22.6. The van der Waals surface area contributed by atoms with Crippen molar-refractivity contribution in [3.63, 3.8) is 0 Å². The van der Waals surface area contributed by atoms with Crippen molar-refractivity contribution in [3.05, 3.63) is 70.4 Å². The quantitative estimate of drug-likeness (QED) is 0.399. The van der Waals surface area contributed by atoms with Gasteiger partial charge in [0.2, 0.25) is 0 Å². The van der Waals surface area contributed by atoms with Gasteiger partial charge in [0, 0.05) is 17.8 Å². The van der Waals surface area contributed by atoms with Crippen LogP contribution in [0.15, 0.2) is 45.8 Å². The van der Waals surface area contributed by atoms with Gasteiger partial charge in [0.05, 0.1) is 24.5 Å². The highest BCUT2D eigenvalue weighted by molar-refractivity contribution is 5.79. The molecule has 0 spiro atoms. The molecular formula is C24H33N5O2. The molecule has 1 atom stereocenters. The van der Waals surface area contributed by atoms with Crippen LogP contribution in [-0.2, 0) is 12.1 Å². The maximum absolute atomic E-state index is 11.0. The summed E-state index contributed by atoms with van der Waals surface area (Å²) in [5.41, 5.74) is 3.85. The summed E-state index contributed by atoms with van der Waals surface area (Å²) in [6, 6.07) is 12.1. The molecular weight excluding hydrogens is 390 g/mol. The average Bonchev–Trinajstić information content (AvgIpc) is 3.24. The maximum atomic E-state index is 11.0. The molecule has 1 unspecified atom stereocenters. The first-order valence-corrected chi connectivity index (χ1v) is 10.6.